The van der Waals surface area contributed by atoms with Crippen molar-refractivity contribution in [1.29, 1.82) is 0 Å². The second-order valence-electron chi connectivity index (χ2n) is 4.42. The van der Waals surface area contributed by atoms with Gasteiger partial charge in [0.25, 0.3) is 5.91 Å². The molecule has 0 bridgehead atoms. The molecule has 0 aliphatic heterocycles. The second-order valence-corrected chi connectivity index (χ2v) is 4.42. The first-order valence-corrected chi connectivity index (χ1v) is 6.32. The number of esters is 2. The summed E-state index contributed by atoms with van der Waals surface area (Å²) in [6.45, 7) is 3.71. The van der Waals surface area contributed by atoms with Gasteiger partial charge in [0.05, 0.1) is 5.56 Å². The molecule has 22 heavy (non-hydrogen) atoms. The number of benzene rings is 1. The first kappa shape index (κ1) is 17.2. The molecule has 8 heteroatoms. The van der Waals surface area contributed by atoms with Gasteiger partial charge in [0.1, 0.15) is 6.04 Å². The normalized spacial score (nSPS) is 11.2. The van der Waals surface area contributed by atoms with Crippen molar-refractivity contribution >= 4 is 23.8 Å². The Kier molecular flexibility index (Phi) is 5.62. The standard InChI is InChI=1S/C14H16N2O6/c1-7(13(15)19)16-14(20)10-5-4-6-11(21-8(2)17)12(10)22-9(3)18/h4-7H,1-3H3,(H2,15,19)(H,16,20). The average molecular weight is 308 g/mol. The van der Waals surface area contributed by atoms with Gasteiger partial charge in [-0.3, -0.25) is 19.2 Å². The monoisotopic (exact) mass is 308 g/mol. The quantitative estimate of drug-likeness (QED) is 0.589. The van der Waals surface area contributed by atoms with Gasteiger partial charge in [0.15, 0.2) is 11.5 Å². The molecule has 0 aliphatic carbocycles. The van der Waals surface area contributed by atoms with E-state index in [9.17, 15) is 19.2 Å². The van der Waals surface area contributed by atoms with Crippen molar-refractivity contribution in [2.24, 2.45) is 5.73 Å². The molecule has 3 N–H and O–H groups in total. The van der Waals surface area contributed by atoms with Crippen LogP contribution in [0, 0.1) is 0 Å². The third-order valence-corrected chi connectivity index (χ3v) is 2.50. The Morgan fingerprint density at radius 1 is 1.09 bits per heavy atom. The number of nitrogens with one attached hydrogen (secondary N) is 1. The van der Waals surface area contributed by atoms with Gasteiger partial charge in [-0.15, -0.1) is 0 Å². The van der Waals surface area contributed by atoms with Gasteiger partial charge in [-0.2, -0.15) is 0 Å². The Morgan fingerprint density at radius 2 is 1.68 bits per heavy atom. The van der Waals surface area contributed by atoms with Crippen molar-refractivity contribution in [3.63, 3.8) is 0 Å². The minimum Gasteiger partial charge on any atom is -0.423 e. The highest BCUT2D eigenvalue weighted by Gasteiger charge is 2.22. The molecule has 0 saturated heterocycles. The summed E-state index contributed by atoms with van der Waals surface area (Å²) < 4.78 is 9.85. The number of carbonyl (C=O) groups is 4. The van der Waals surface area contributed by atoms with Crippen LogP contribution in [0.5, 0.6) is 11.5 Å². The van der Waals surface area contributed by atoms with Crippen LogP contribution in [0.1, 0.15) is 31.1 Å². The van der Waals surface area contributed by atoms with Crippen LogP contribution in [0.2, 0.25) is 0 Å². The van der Waals surface area contributed by atoms with E-state index in [2.05, 4.69) is 5.32 Å². The highest BCUT2D eigenvalue weighted by Crippen LogP contribution is 2.31. The van der Waals surface area contributed by atoms with Gasteiger partial charge in [-0.05, 0) is 19.1 Å². The number of nitrogens with two attached hydrogens (primary N) is 1. The minimum absolute atomic E-state index is 0.0675. The molecule has 1 rings (SSSR count). The lowest BCUT2D eigenvalue weighted by Gasteiger charge is -2.15. The number of rotatable bonds is 5. The van der Waals surface area contributed by atoms with E-state index in [1.54, 1.807) is 0 Å². The van der Waals surface area contributed by atoms with E-state index in [0.29, 0.717) is 0 Å². The highest BCUT2D eigenvalue weighted by atomic mass is 16.6. The van der Waals surface area contributed by atoms with Gasteiger partial charge >= 0.3 is 11.9 Å². The van der Waals surface area contributed by atoms with Gasteiger partial charge in [0, 0.05) is 13.8 Å². The smallest absolute Gasteiger partial charge is 0.308 e. The molecule has 0 saturated carbocycles. The molecule has 2 amide bonds. The van der Waals surface area contributed by atoms with Crippen molar-refractivity contribution in [3.8, 4) is 11.5 Å². The van der Waals surface area contributed by atoms with E-state index in [4.69, 9.17) is 15.2 Å². The molecule has 1 atom stereocenters. The summed E-state index contributed by atoms with van der Waals surface area (Å²) in [4.78, 5) is 45.4. The lowest BCUT2D eigenvalue weighted by molar-refractivity contribution is -0.134. The Balaban J connectivity index is 3.21. The van der Waals surface area contributed by atoms with E-state index in [1.807, 2.05) is 0 Å². The average Bonchev–Trinajstić information content (AvgIpc) is 2.39. The Hall–Kier alpha value is -2.90. The van der Waals surface area contributed by atoms with Crippen LogP contribution in [0.25, 0.3) is 0 Å². The molecule has 1 aromatic rings. The molecule has 118 valence electrons. The third kappa shape index (κ3) is 4.58. The molecule has 0 spiro atoms. The molecule has 0 heterocycles. The number of hydrogen-bond acceptors (Lipinski definition) is 6. The number of hydrogen-bond donors (Lipinski definition) is 2. The number of primary amides is 1. The lowest BCUT2D eigenvalue weighted by Crippen LogP contribution is -2.42. The Labute approximate surface area is 126 Å². The molecule has 1 aromatic carbocycles. The molecular weight excluding hydrogens is 292 g/mol. The number of para-hydroxylation sites is 1. The summed E-state index contributed by atoms with van der Waals surface area (Å²) in [7, 11) is 0. The van der Waals surface area contributed by atoms with Crippen LogP contribution in [0.4, 0.5) is 0 Å². The number of amides is 2. The van der Waals surface area contributed by atoms with Crippen LogP contribution >= 0.6 is 0 Å². The van der Waals surface area contributed by atoms with Gasteiger partial charge < -0.3 is 20.5 Å². The number of carbonyl (C=O) groups excluding carboxylic acids is 4. The van der Waals surface area contributed by atoms with Crippen molar-refractivity contribution in [3.05, 3.63) is 23.8 Å². The highest BCUT2D eigenvalue weighted by molar-refractivity contribution is 6.00. The zero-order valence-corrected chi connectivity index (χ0v) is 12.3. The third-order valence-electron chi connectivity index (χ3n) is 2.50. The Bertz CT molecular complexity index is 626. The van der Waals surface area contributed by atoms with E-state index in [0.717, 1.165) is 6.92 Å². The van der Waals surface area contributed by atoms with Crippen LogP contribution in [-0.4, -0.2) is 29.8 Å². The summed E-state index contributed by atoms with van der Waals surface area (Å²) in [6, 6.07) is 3.24. The fourth-order valence-corrected chi connectivity index (χ4v) is 1.52. The zero-order chi connectivity index (χ0) is 16.9. The molecule has 0 fully saturated rings. The fraction of sp³-hybridized carbons (Fsp3) is 0.286. The van der Waals surface area contributed by atoms with Crippen molar-refractivity contribution in [2.75, 3.05) is 0 Å². The van der Waals surface area contributed by atoms with E-state index in [1.165, 1.54) is 32.0 Å². The van der Waals surface area contributed by atoms with Crippen LogP contribution in [0.3, 0.4) is 0 Å². The summed E-state index contributed by atoms with van der Waals surface area (Å²) in [5.41, 5.74) is 5.00. The zero-order valence-electron chi connectivity index (χ0n) is 12.3. The van der Waals surface area contributed by atoms with E-state index >= 15 is 0 Å². The largest absolute Gasteiger partial charge is 0.423 e. The SMILES string of the molecule is CC(=O)Oc1cccc(C(=O)NC(C)C(N)=O)c1OC(C)=O. The first-order chi connectivity index (χ1) is 10.2. The van der Waals surface area contributed by atoms with E-state index in [-0.39, 0.29) is 17.1 Å². The van der Waals surface area contributed by atoms with Gasteiger partial charge in [-0.25, -0.2) is 0 Å². The molecular formula is C14H16N2O6. The van der Waals surface area contributed by atoms with Crippen LogP contribution in [-0.2, 0) is 14.4 Å². The predicted molar refractivity (Wildman–Crippen MR) is 75.2 cm³/mol. The fourth-order valence-electron chi connectivity index (χ4n) is 1.52. The van der Waals surface area contributed by atoms with Gasteiger partial charge in [0.2, 0.25) is 5.91 Å². The van der Waals surface area contributed by atoms with Gasteiger partial charge in [-0.1, -0.05) is 6.07 Å². The first-order valence-electron chi connectivity index (χ1n) is 6.32. The number of ether oxygens (including phenoxy) is 2. The van der Waals surface area contributed by atoms with Crippen LogP contribution < -0.4 is 20.5 Å². The van der Waals surface area contributed by atoms with Crippen molar-refractivity contribution in [1.82, 2.24) is 5.32 Å². The van der Waals surface area contributed by atoms with Crippen LogP contribution in [0.15, 0.2) is 18.2 Å². The maximum atomic E-state index is 12.1. The molecule has 8 nitrogen and oxygen atoms in total. The molecule has 0 aromatic heterocycles. The predicted octanol–water partition coefficient (Wildman–Crippen LogP) is 0.141. The summed E-state index contributed by atoms with van der Waals surface area (Å²) in [5.74, 6) is -3.05. The second kappa shape index (κ2) is 7.21. The maximum absolute atomic E-state index is 12.1. The lowest BCUT2D eigenvalue weighted by atomic mass is 10.1. The summed E-state index contributed by atoms with van der Waals surface area (Å²) >= 11 is 0. The van der Waals surface area contributed by atoms with Crippen molar-refractivity contribution in [2.45, 2.75) is 26.8 Å². The molecule has 0 aliphatic rings. The van der Waals surface area contributed by atoms with Crippen molar-refractivity contribution < 1.29 is 28.7 Å². The Morgan fingerprint density at radius 3 is 2.18 bits per heavy atom. The summed E-state index contributed by atoms with van der Waals surface area (Å²) in [5, 5.41) is 2.34. The summed E-state index contributed by atoms with van der Waals surface area (Å²) in [6.07, 6.45) is 0. The maximum Gasteiger partial charge on any atom is 0.308 e. The minimum atomic E-state index is -0.921. The molecule has 1 unspecified atom stereocenters. The van der Waals surface area contributed by atoms with E-state index < -0.39 is 29.8 Å². The molecule has 0 radical (unpaired) electrons. The topological polar surface area (TPSA) is 125 Å².